The molecule has 0 atom stereocenters. The third kappa shape index (κ3) is 4.75. The van der Waals surface area contributed by atoms with Crippen molar-refractivity contribution in [3.8, 4) is 5.75 Å². The number of ether oxygens (including phenoxy) is 1. The number of Topliss-reactive ketones (excluding diaryl/α,β-unsaturated/α-hetero) is 1. The molecular weight excluding hydrogens is 247 g/mol. The maximum Gasteiger partial charge on any atom is 0.449 e. The van der Waals surface area contributed by atoms with Crippen LogP contribution >= 0.6 is 0 Å². The van der Waals surface area contributed by atoms with E-state index in [1.54, 1.807) is 24.3 Å². The number of alkyl halides is 3. The first kappa shape index (κ1) is 14.5. The van der Waals surface area contributed by atoms with Gasteiger partial charge in [-0.2, -0.15) is 13.2 Å². The van der Waals surface area contributed by atoms with Gasteiger partial charge in [-0.3, -0.25) is 4.79 Å². The Labute approximate surface area is 103 Å². The fraction of sp³-hybridized carbons (Fsp3) is 0.417. The Morgan fingerprint density at radius 1 is 1.22 bits per heavy atom. The van der Waals surface area contributed by atoms with E-state index in [0.29, 0.717) is 24.5 Å². The van der Waals surface area contributed by atoms with Crippen molar-refractivity contribution in [3.63, 3.8) is 0 Å². The molecule has 0 radical (unpaired) electrons. The minimum atomic E-state index is -4.74. The Bertz CT molecular complexity index is 387. The lowest BCUT2D eigenvalue weighted by Crippen LogP contribution is -2.52. The van der Waals surface area contributed by atoms with Gasteiger partial charge in [-0.25, -0.2) is 0 Å². The number of quaternary nitrogens is 1. The number of hydrogen-bond donors (Lipinski definition) is 1. The van der Waals surface area contributed by atoms with Gasteiger partial charge in [0.1, 0.15) is 18.9 Å². The predicted octanol–water partition coefficient (Wildman–Crippen LogP) is 1.37. The normalized spacial score (nSPS) is 11.3. The van der Waals surface area contributed by atoms with Crippen LogP contribution in [0.2, 0.25) is 0 Å². The van der Waals surface area contributed by atoms with Crippen LogP contribution in [0.15, 0.2) is 24.3 Å². The zero-order chi connectivity index (χ0) is 13.6. The Kier molecular flexibility index (Phi) is 5.15. The Morgan fingerprint density at radius 3 is 2.33 bits per heavy atom. The molecule has 1 aromatic carbocycles. The quantitative estimate of drug-likeness (QED) is 0.841. The van der Waals surface area contributed by atoms with Gasteiger partial charge < -0.3 is 10.5 Å². The van der Waals surface area contributed by atoms with Crippen molar-refractivity contribution in [1.82, 2.24) is 0 Å². The van der Waals surface area contributed by atoms with Crippen molar-refractivity contribution in [3.05, 3.63) is 29.8 Å². The van der Waals surface area contributed by atoms with Gasteiger partial charge in [-0.1, -0.05) is 12.1 Å². The zero-order valence-corrected chi connectivity index (χ0v) is 9.80. The van der Waals surface area contributed by atoms with Crippen LogP contribution in [0.5, 0.6) is 5.75 Å². The first-order valence-electron chi connectivity index (χ1n) is 5.54. The van der Waals surface area contributed by atoms with E-state index >= 15 is 0 Å². The highest BCUT2D eigenvalue weighted by atomic mass is 19.4. The third-order valence-electron chi connectivity index (χ3n) is 2.29. The Balaban J connectivity index is 2.46. The summed E-state index contributed by atoms with van der Waals surface area (Å²) in [5.41, 5.74) is 4.30. The summed E-state index contributed by atoms with van der Waals surface area (Å²) in [6.45, 7) is 1.13. The van der Waals surface area contributed by atoms with Crippen molar-refractivity contribution in [2.45, 2.75) is 19.0 Å². The maximum absolute atomic E-state index is 12.0. The SMILES string of the molecule is [NH3+]CCOc1ccc(CCC(=O)C(F)(F)F)cc1. The van der Waals surface area contributed by atoms with Gasteiger partial charge in [-0.15, -0.1) is 0 Å². The number of rotatable bonds is 6. The highest BCUT2D eigenvalue weighted by Crippen LogP contribution is 2.20. The molecular formula is C12H15F3NO2+. The van der Waals surface area contributed by atoms with Crippen LogP contribution in [0.3, 0.4) is 0 Å². The summed E-state index contributed by atoms with van der Waals surface area (Å²) in [5, 5.41) is 0. The summed E-state index contributed by atoms with van der Waals surface area (Å²) >= 11 is 0. The van der Waals surface area contributed by atoms with E-state index in [4.69, 9.17) is 4.74 Å². The third-order valence-corrected chi connectivity index (χ3v) is 2.29. The summed E-state index contributed by atoms with van der Waals surface area (Å²) in [7, 11) is 0. The molecule has 6 heteroatoms. The van der Waals surface area contributed by atoms with Gasteiger partial charge in [0.15, 0.2) is 0 Å². The minimum Gasteiger partial charge on any atom is -0.488 e. The van der Waals surface area contributed by atoms with E-state index in [2.05, 4.69) is 5.73 Å². The average Bonchev–Trinajstić information content (AvgIpc) is 2.33. The maximum atomic E-state index is 12.0. The van der Waals surface area contributed by atoms with Crippen molar-refractivity contribution in [2.75, 3.05) is 13.2 Å². The molecule has 0 spiro atoms. The molecule has 1 rings (SSSR count). The van der Waals surface area contributed by atoms with Crippen molar-refractivity contribution >= 4 is 5.78 Å². The van der Waals surface area contributed by atoms with Gasteiger partial charge in [-0.05, 0) is 24.1 Å². The fourth-order valence-electron chi connectivity index (χ4n) is 1.34. The van der Waals surface area contributed by atoms with E-state index in [9.17, 15) is 18.0 Å². The number of halogens is 3. The average molecular weight is 262 g/mol. The number of carbonyl (C=O) groups excluding carboxylic acids is 1. The largest absolute Gasteiger partial charge is 0.488 e. The number of aryl methyl sites for hydroxylation is 1. The zero-order valence-electron chi connectivity index (χ0n) is 9.80. The fourth-order valence-corrected chi connectivity index (χ4v) is 1.34. The van der Waals surface area contributed by atoms with Crippen LogP contribution < -0.4 is 10.5 Å². The lowest BCUT2D eigenvalue weighted by atomic mass is 10.1. The van der Waals surface area contributed by atoms with Crippen molar-refractivity contribution in [2.24, 2.45) is 0 Å². The molecule has 0 aliphatic carbocycles. The molecule has 18 heavy (non-hydrogen) atoms. The number of ketones is 1. The van der Waals surface area contributed by atoms with E-state index in [-0.39, 0.29) is 6.42 Å². The molecule has 0 bridgehead atoms. The van der Waals surface area contributed by atoms with Crippen molar-refractivity contribution in [1.29, 1.82) is 0 Å². The molecule has 0 heterocycles. The van der Waals surface area contributed by atoms with Gasteiger partial charge in [0.25, 0.3) is 0 Å². The first-order chi connectivity index (χ1) is 8.43. The molecule has 100 valence electrons. The van der Waals surface area contributed by atoms with Gasteiger partial charge in [0.2, 0.25) is 5.78 Å². The molecule has 0 aliphatic rings. The lowest BCUT2D eigenvalue weighted by Gasteiger charge is -2.06. The molecule has 0 aliphatic heterocycles. The summed E-state index contributed by atoms with van der Waals surface area (Å²) in [6, 6.07) is 6.65. The molecule has 0 saturated heterocycles. The predicted molar refractivity (Wildman–Crippen MR) is 59.1 cm³/mol. The lowest BCUT2D eigenvalue weighted by molar-refractivity contribution is -0.370. The number of carbonyl (C=O) groups is 1. The van der Waals surface area contributed by atoms with Gasteiger partial charge in [0, 0.05) is 6.42 Å². The van der Waals surface area contributed by atoms with Gasteiger partial charge in [0.05, 0.1) is 0 Å². The molecule has 0 unspecified atom stereocenters. The molecule has 0 fully saturated rings. The van der Waals surface area contributed by atoms with Crippen LogP contribution in [0, 0.1) is 0 Å². The highest BCUT2D eigenvalue weighted by molar-refractivity contribution is 5.84. The monoisotopic (exact) mass is 262 g/mol. The molecule has 3 N–H and O–H groups in total. The molecule has 3 nitrogen and oxygen atoms in total. The summed E-state index contributed by atoms with van der Waals surface area (Å²) in [6.07, 6.45) is -5.19. The summed E-state index contributed by atoms with van der Waals surface area (Å²) in [4.78, 5) is 10.7. The second-order valence-electron chi connectivity index (χ2n) is 3.77. The number of hydrogen-bond acceptors (Lipinski definition) is 2. The van der Waals surface area contributed by atoms with E-state index < -0.39 is 18.4 Å². The molecule has 0 aromatic heterocycles. The Hall–Kier alpha value is -1.56. The van der Waals surface area contributed by atoms with Crippen LogP contribution in [-0.2, 0) is 11.2 Å². The summed E-state index contributed by atoms with van der Waals surface area (Å²) in [5.74, 6) is -1.05. The van der Waals surface area contributed by atoms with Crippen molar-refractivity contribution < 1.29 is 28.4 Å². The smallest absolute Gasteiger partial charge is 0.449 e. The highest BCUT2D eigenvalue weighted by Gasteiger charge is 2.37. The second-order valence-corrected chi connectivity index (χ2v) is 3.77. The van der Waals surface area contributed by atoms with E-state index in [1.165, 1.54) is 0 Å². The first-order valence-corrected chi connectivity index (χ1v) is 5.54. The minimum absolute atomic E-state index is 0.0773. The van der Waals surface area contributed by atoms with Crippen LogP contribution in [0.4, 0.5) is 13.2 Å². The summed E-state index contributed by atoms with van der Waals surface area (Å²) < 4.78 is 41.2. The number of benzene rings is 1. The van der Waals surface area contributed by atoms with Crippen LogP contribution in [0.25, 0.3) is 0 Å². The topological polar surface area (TPSA) is 53.9 Å². The second kappa shape index (κ2) is 6.39. The van der Waals surface area contributed by atoms with Crippen LogP contribution in [-0.4, -0.2) is 25.1 Å². The Morgan fingerprint density at radius 2 is 1.83 bits per heavy atom. The molecule has 1 aromatic rings. The van der Waals surface area contributed by atoms with Crippen LogP contribution in [0.1, 0.15) is 12.0 Å². The molecule has 0 saturated carbocycles. The van der Waals surface area contributed by atoms with Gasteiger partial charge >= 0.3 is 6.18 Å². The van der Waals surface area contributed by atoms with E-state index in [1.807, 2.05) is 0 Å². The molecule has 0 amide bonds. The van der Waals surface area contributed by atoms with E-state index in [0.717, 1.165) is 0 Å². The standard InChI is InChI=1S/C12H14F3NO2/c13-12(14,15)11(17)6-3-9-1-4-10(5-2-9)18-8-7-16/h1-2,4-5H,3,6-8,16H2/p+1.